The third-order valence-electron chi connectivity index (χ3n) is 16.1. The highest BCUT2D eigenvalue weighted by molar-refractivity contribution is 6.09. The van der Waals surface area contributed by atoms with Crippen LogP contribution in [0.4, 0.5) is 17.1 Å². The van der Waals surface area contributed by atoms with E-state index in [1.807, 2.05) is 0 Å². The normalized spacial score (nSPS) is 24.3. The van der Waals surface area contributed by atoms with Crippen molar-refractivity contribution < 1.29 is 0 Å². The lowest BCUT2D eigenvalue weighted by atomic mass is 9.30. The van der Waals surface area contributed by atoms with Crippen molar-refractivity contribution in [1.82, 2.24) is 4.57 Å². The molecule has 1 spiro atoms. The molecule has 5 aliphatic carbocycles. The molecule has 0 bridgehead atoms. The van der Waals surface area contributed by atoms with Crippen LogP contribution in [-0.2, 0) is 0 Å². The third kappa shape index (κ3) is 4.49. The van der Waals surface area contributed by atoms with E-state index < -0.39 is 0 Å². The molecule has 3 saturated carbocycles. The number of para-hydroxylation sites is 3. The minimum atomic E-state index is 0.363. The van der Waals surface area contributed by atoms with Gasteiger partial charge >= 0.3 is 0 Å². The monoisotopic (exact) mass is 772 g/mol. The topological polar surface area (TPSA) is 8.17 Å². The van der Waals surface area contributed by atoms with Gasteiger partial charge in [-0.25, -0.2) is 0 Å². The maximum atomic E-state index is 2.68. The molecule has 0 saturated heterocycles. The van der Waals surface area contributed by atoms with Crippen molar-refractivity contribution in [2.75, 3.05) is 4.90 Å². The molecular weight excluding hydrogens is 725 g/mol. The smallest absolute Gasteiger partial charge is 0.0541 e. The van der Waals surface area contributed by atoms with Crippen LogP contribution in [0.5, 0.6) is 0 Å². The lowest BCUT2D eigenvalue weighted by Gasteiger charge is -2.73. The van der Waals surface area contributed by atoms with Gasteiger partial charge in [-0.15, -0.1) is 0 Å². The minimum absolute atomic E-state index is 0.363. The Bertz CT molecular complexity index is 3020. The fourth-order valence-electron chi connectivity index (χ4n) is 13.8. The Kier molecular flexibility index (Phi) is 7.36. The van der Waals surface area contributed by atoms with E-state index in [4.69, 9.17) is 0 Å². The Labute approximate surface area is 353 Å². The van der Waals surface area contributed by atoms with Crippen molar-refractivity contribution in [3.63, 3.8) is 0 Å². The first-order valence-electron chi connectivity index (χ1n) is 22.4. The van der Waals surface area contributed by atoms with Gasteiger partial charge in [0.2, 0.25) is 0 Å². The van der Waals surface area contributed by atoms with E-state index in [1.54, 1.807) is 16.7 Å². The molecule has 2 unspecified atom stereocenters. The van der Waals surface area contributed by atoms with Gasteiger partial charge in [-0.05, 0) is 161 Å². The van der Waals surface area contributed by atoms with Gasteiger partial charge in [0.15, 0.2) is 0 Å². The molecule has 8 aromatic rings. The second kappa shape index (κ2) is 12.8. The summed E-state index contributed by atoms with van der Waals surface area (Å²) in [5, 5.41) is 2.56. The Hall–Kier alpha value is -6.38. The number of benzene rings is 7. The Balaban J connectivity index is 0.951. The second-order valence-electron chi connectivity index (χ2n) is 18.3. The molecule has 2 heteroatoms. The van der Waals surface area contributed by atoms with Gasteiger partial charge < -0.3 is 9.47 Å². The van der Waals surface area contributed by atoms with E-state index in [-0.39, 0.29) is 0 Å². The van der Waals surface area contributed by atoms with Crippen molar-refractivity contribution >= 4 is 44.4 Å². The summed E-state index contributed by atoms with van der Waals surface area (Å²) in [6.45, 7) is 2.50. The summed E-state index contributed by atoms with van der Waals surface area (Å²) in [5.74, 6) is 2.48. The van der Waals surface area contributed by atoms with Gasteiger partial charge in [-0.2, -0.15) is 0 Å². The molecule has 2 nitrogen and oxygen atoms in total. The van der Waals surface area contributed by atoms with E-state index in [0.717, 1.165) is 35.3 Å². The number of fused-ring (bicyclic) bond motifs is 7. The summed E-state index contributed by atoms with van der Waals surface area (Å²) >= 11 is 0. The summed E-state index contributed by atoms with van der Waals surface area (Å²) in [5.41, 5.74) is 19.3. The standard InChI is InChI=1S/C58H48N2/c1-2-57-41-35-42(57)37-58(57)52-20-10-6-17-47(52)51-34-40(26-33-48(51)53(58)36-41)46-16-7-11-21-54(46)59(43-27-24-39(25-28-43)38-14-4-3-5-15-38)44-29-31-45(32-30-44)60-55-22-12-8-18-49(55)50-19-9-13-23-56(50)60/h3-5,7-9,11-34,41-42,53H,2,6,10,35-37H2,1H3/t41-,42?,53-,57?,58+/m1/s1. The highest BCUT2D eigenvalue weighted by Crippen LogP contribution is 2.89. The summed E-state index contributed by atoms with van der Waals surface area (Å²) in [4.78, 5) is 2.47. The van der Waals surface area contributed by atoms with Crippen LogP contribution >= 0.6 is 0 Å². The van der Waals surface area contributed by atoms with Gasteiger partial charge in [0.05, 0.1) is 16.7 Å². The molecule has 0 N–H and O–H groups in total. The van der Waals surface area contributed by atoms with E-state index >= 15 is 0 Å². The molecule has 7 aromatic carbocycles. The molecule has 0 radical (unpaired) electrons. The highest BCUT2D eigenvalue weighted by atomic mass is 15.1. The van der Waals surface area contributed by atoms with Crippen molar-refractivity contribution in [1.29, 1.82) is 0 Å². The number of anilines is 3. The average Bonchev–Trinajstić information content (AvgIpc) is 3.60. The predicted octanol–water partition coefficient (Wildman–Crippen LogP) is 15.6. The van der Waals surface area contributed by atoms with Crippen LogP contribution in [0.2, 0.25) is 0 Å². The number of hydrogen-bond acceptors (Lipinski definition) is 1. The molecule has 60 heavy (non-hydrogen) atoms. The molecule has 1 heterocycles. The van der Waals surface area contributed by atoms with E-state index in [0.29, 0.717) is 16.7 Å². The first kappa shape index (κ1) is 34.5. The molecule has 5 atom stereocenters. The number of nitrogens with zero attached hydrogens (tertiary/aromatic N) is 2. The molecule has 0 aliphatic heterocycles. The van der Waals surface area contributed by atoms with Crippen molar-refractivity contribution in [2.45, 2.75) is 51.4 Å². The largest absolute Gasteiger partial charge is 0.310 e. The van der Waals surface area contributed by atoms with Crippen LogP contribution in [0.3, 0.4) is 0 Å². The second-order valence-corrected chi connectivity index (χ2v) is 18.3. The number of allylic oxidation sites excluding steroid dienone is 4. The van der Waals surface area contributed by atoms with Crippen LogP contribution in [0.25, 0.3) is 55.3 Å². The maximum Gasteiger partial charge on any atom is 0.0541 e. The lowest BCUT2D eigenvalue weighted by Crippen LogP contribution is -2.66. The Morgan fingerprint density at radius 1 is 0.567 bits per heavy atom. The average molecular weight is 773 g/mol. The van der Waals surface area contributed by atoms with Crippen LogP contribution in [0, 0.1) is 22.7 Å². The number of rotatable bonds is 7. The highest BCUT2D eigenvalue weighted by Gasteiger charge is 2.81. The first-order chi connectivity index (χ1) is 29.7. The zero-order valence-electron chi connectivity index (χ0n) is 34.2. The van der Waals surface area contributed by atoms with Crippen molar-refractivity contribution in [2.24, 2.45) is 22.7 Å². The quantitative estimate of drug-likeness (QED) is 0.157. The van der Waals surface area contributed by atoms with Crippen molar-refractivity contribution in [3.8, 4) is 27.9 Å². The van der Waals surface area contributed by atoms with Crippen LogP contribution in [-0.4, -0.2) is 4.57 Å². The molecule has 5 aliphatic rings. The van der Waals surface area contributed by atoms with Crippen LogP contribution in [0.15, 0.2) is 188 Å². The van der Waals surface area contributed by atoms with E-state index in [1.165, 1.54) is 87.4 Å². The summed E-state index contributed by atoms with van der Waals surface area (Å²) < 4.78 is 2.41. The van der Waals surface area contributed by atoms with Crippen LogP contribution < -0.4 is 4.90 Å². The third-order valence-corrected chi connectivity index (χ3v) is 16.1. The van der Waals surface area contributed by atoms with E-state index in [2.05, 4.69) is 198 Å². The summed E-state index contributed by atoms with van der Waals surface area (Å²) in [6, 6.07) is 63.2. The summed E-state index contributed by atoms with van der Waals surface area (Å²) in [7, 11) is 0. The van der Waals surface area contributed by atoms with Gasteiger partial charge in [-0.3, -0.25) is 0 Å². The van der Waals surface area contributed by atoms with Crippen molar-refractivity contribution in [3.05, 3.63) is 199 Å². The summed E-state index contributed by atoms with van der Waals surface area (Å²) in [6.07, 6.45) is 13.2. The molecule has 290 valence electrons. The van der Waals surface area contributed by atoms with E-state index in [9.17, 15) is 0 Å². The molecule has 0 amide bonds. The number of hydrogen-bond donors (Lipinski definition) is 0. The molecule has 3 fully saturated rings. The lowest BCUT2D eigenvalue weighted by molar-refractivity contribution is -0.209. The maximum absolute atomic E-state index is 2.68. The van der Waals surface area contributed by atoms with Gasteiger partial charge in [-0.1, -0.05) is 128 Å². The van der Waals surface area contributed by atoms with Crippen LogP contribution in [0.1, 0.15) is 62.5 Å². The number of aromatic nitrogens is 1. The minimum Gasteiger partial charge on any atom is -0.310 e. The Morgan fingerprint density at radius 3 is 1.93 bits per heavy atom. The van der Waals surface area contributed by atoms with Gasteiger partial charge in [0.1, 0.15) is 0 Å². The van der Waals surface area contributed by atoms with Gasteiger partial charge in [0, 0.05) is 38.8 Å². The zero-order chi connectivity index (χ0) is 39.6. The first-order valence-corrected chi connectivity index (χ1v) is 22.4. The molecule has 13 rings (SSSR count). The fraction of sp³-hybridized carbons (Fsp3) is 0.207. The van der Waals surface area contributed by atoms with Gasteiger partial charge in [0.25, 0.3) is 0 Å². The SMILES string of the molecule is CCC12C3C[C@@H]1C[C@@H]1c4ccc(-c5ccccc5N(c5ccc(-c6ccccc6)cc5)c5ccc(-n6c7ccccc7c7ccccc76)cc5)cc4C4=CCCC=C4[C@@]12C3. The zero-order valence-corrected chi connectivity index (χ0v) is 34.2. The molecular formula is C58H48N2. The fourth-order valence-corrected chi connectivity index (χ4v) is 13.8. The molecule has 1 aromatic heterocycles. The predicted molar refractivity (Wildman–Crippen MR) is 250 cm³/mol. The Morgan fingerprint density at radius 2 is 1.20 bits per heavy atom.